The third-order valence-corrected chi connectivity index (χ3v) is 7.78. The summed E-state index contributed by atoms with van der Waals surface area (Å²) >= 11 is 6.03. The van der Waals surface area contributed by atoms with Crippen molar-refractivity contribution in [3.05, 3.63) is 47.0 Å². The minimum absolute atomic E-state index is 0.0157. The molecule has 2 aromatic rings. The Hall–Kier alpha value is -3.17. The Morgan fingerprint density at radius 3 is 2.16 bits per heavy atom. The zero-order chi connectivity index (χ0) is 27.2. The van der Waals surface area contributed by atoms with Crippen molar-refractivity contribution in [2.45, 2.75) is 38.3 Å². The van der Waals surface area contributed by atoms with E-state index in [1.54, 1.807) is 19.1 Å². The maximum atomic E-state index is 13.0. The first kappa shape index (κ1) is 27.9. The zero-order valence-electron chi connectivity index (χ0n) is 22.5. The number of likely N-dealkylation sites (tertiary alicyclic amines) is 2. The lowest BCUT2D eigenvalue weighted by Crippen LogP contribution is -2.54. The van der Waals surface area contributed by atoms with E-state index in [-0.39, 0.29) is 24.0 Å². The van der Waals surface area contributed by atoms with Crippen LogP contribution in [0.4, 0.5) is 10.5 Å². The van der Waals surface area contributed by atoms with Crippen LogP contribution < -0.4 is 24.8 Å². The van der Waals surface area contributed by atoms with Gasteiger partial charge in [0.05, 0.1) is 33.1 Å². The summed E-state index contributed by atoms with van der Waals surface area (Å²) in [5.41, 5.74) is 1.82. The van der Waals surface area contributed by atoms with E-state index >= 15 is 0 Å². The molecule has 0 radical (unpaired) electrons. The number of ether oxygens (including phenoxy) is 3. The Morgan fingerprint density at radius 2 is 1.61 bits per heavy atom. The Kier molecular flexibility index (Phi) is 9.22. The van der Waals surface area contributed by atoms with Crippen LogP contribution in [0.2, 0.25) is 5.02 Å². The summed E-state index contributed by atoms with van der Waals surface area (Å²) < 4.78 is 16.1. The van der Waals surface area contributed by atoms with Crippen molar-refractivity contribution in [2.24, 2.45) is 5.92 Å². The van der Waals surface area contributed by atoms with Crippen LogP contribution in [-0.2, 0) is 11.2 Å². The highest BCUT2D eigenvalue weighted by atomic mass is 35.5. The smallest absolute Gasteiger partial charge is 0.319 e. The standard InChI is InChI=1S/C28H37ClN4O5/c1-18(34)33-16-23(31-28(35)30-22-14-25(36-2)27(38-4)26(15-22)37-3)24(17-33)32-11-9-20(10-12-32)13-19-5-7-21(29)8-6-19/h5-8,14-15,20,23-24H,9-13,16-17H2,1-4H3,(H2,30,31,35). The minimum Gasteiger partial charge on any atom is -0.493 e. The number of halogens is 1. The molecular formula is C28H37ClN4O5. The molecule has 4 rings (SSSR count). The summed E-state index contributed by atoms with van der Waals surface area (Å²) in [4.78, 5) is 29.5. The SMILES string of the molecule is COc1cc(NC(=O)NC2CN(C(C)=O)CC2N2CCC(Cc3ccc(Cl)cc3)CC2)cc(OC)c1OC. The number of anilines is 1. The Bertz CT molecular complexity index is 1100. The van der Waals surface area contributed by atoms with Gasteiger partial charge < -0.3 is 29.7 Å². The molecule has 38 heavy (non-hydrogen) atoms. The Morgan fingerprint density at radius 1 is 0.974 bits per heavy atom. The third-order valence-electron chi connectivity index (χ3n) is 7.53. The van der Waals surface area contributed by atoms with E-state index in [4.69, 9.17) is 25.8 Å². The molecule has 0 aliphatic carbocycles. The highest BCUT2D eigenvalue weighted by Gasteiger charge is 2.39. The average Bonchev–Trinajstić information content (AvgIpc) is 3.33. The van der Waals surface area contributed by atoms with Crippen molar-refractivity contribution in [1.29, 1.82) is 0 Å². The summed E-state index contributed by atoms with van der Waals surface area (Å²) in [5, 5.41) is 6.74. The van der Waals surface area contributed by atoms with Gasteiger partial charge in [0, 0.05) is 43.2 Å². The number of rotatable bonds is 8. The number of nitrogens with zero attached hydrogens (tertiary/aromatic N) is 2. The fraction of sp³-hybridized carbons (Fsp3) is 0.500. The van der Waals surface area contributed by atoms with Crippen LogP contribution in [0.25, 0.3) is 0 Å². The molecule has 3 amide bonds. The monoisotopic (exact) mass is 544 g/mol. The van der Waals surface area contributed by atoms with Crippen LogP contribution in [-0.4, -0.2) is 81.3 Å². The van der Waals surface area contributed by atoms with Crippen LogP contribution in [0, 0.1) is 5.92 Å². The van der Waals surface area contributed by atoms with Crippen LogP contribution in [0.5, 0.6) is 17.2 Å². The molecule has 0 spiro atoms. The van der Waals surface area contributed by atoms with Crippen molar-refractivity contribution in [3.8, 4) is 17.2 Å². The Labute approximate surface area is 229 Å². The van der Waals surface area contributed by atoms with Crippen LogP contribution >= 0.6 is 11.6 Å². The van der Waals surface area contributed by atoms with Crippen LogP contribution in [0.3, 0.4) is 0 Å². The van der Waals surface area contributed by atoms with Crippen molar-refractivity contribution in [1.82, 2.24) is 15.1 Å². The predicted molar refractivity (Wildman–Crippen MR) is 148 cm³/mol. The molecular weight excluding hydrogens is 508 g/mol. The second kappa shape index (κ2) is 12.6. The number of benzene rings is 2. The fourth-order valence-electron chi connectivity index (χ4n) is 5.49. The second-order valence-electron chi connectivity index (χ2n) is 9.92. The van der Waals surface area contributed by atoms with Gasteiger partial charge in [0.1, 0.15) is 0 Å². The number of piperidine rings is 1. The highest BCUT2D eigenvalue weighted by molar-refractivity contribution is 6.30. The van der Waals surface area contributed by atoms with Crippen molar-refractivity contribution >= 4 is 29.2 Å². The van der Waals surface area contributed by atoms with Gasteiger partial charge in [-0.1, -0.05) is 23.7 Å². The molecule has 206 valence electrons. The molecule has 0 aromatic heterocycles. The zero-order valence-corrected chi connectivity index (χ0v) is 23.2. The summed E-state index contributed by atoms with van der Waals surface area (Å²) in [6.45, 7) is 4.52. The van der Waals surface area contributed by atoms with E-state index in [0.717, 1.165) is 37.4 Å². The van der Waals surface area contributed by atoms with E-state index in [0.29, 0.717) is 41.9 Å². The largest absolute Gasteiger partial charge is 0.493 e. The van der Waals surface area contributed by atoms with Gasteiger partial charge in [-0.25, -0.2) is 4.79 Å². The lowest BCUT2D eigenvalue weighted by atomic mass is 9.89. The number of hydrogen-bond donors (Lipinski definition) is 2. The van der Waals surface area contributed by atoms with Crippen molar-refractivity contribution < 1.29 is 23.8 Å². The second-order valence-corrected chi connectivity index (χ2v) is 10.4. The number of carbonyl (C=O) groups is 2. The number of amides is 3. The maximum absolute atomic E-state index is 13.0. The number of urea groups is 1. The molecule has 0 bridgehead atoms. The van der Waals surface area contributed by atoms with Gasteiger partial charge in [0.15, 0.2) is 11.5 Å². The molecule has 0 saturated carbocycles. The molecule has 2 aromatic carbocycles. The molecule has 2 aliphatic heterocycles. The fourth-order valence-corrected chi connectivity index (χ4v) is 5.61. The van der Waals surface area contributed by atoms with Gasteiger partial charge in [-0.2, -0.15) is 0 Å². The number of hydrogen-bond acceptors (Lipinski definition) is 6. The van der Waals surface area contributed by atoms with Crippen LogP contribution in [0.15, 0.2) is 36.4 Å². The summed E-state index contributed by atoms with van der Waals surface area (Å²) in [6, 6.07) is 11.0. The normalized spacial score (nSPS) is 20.2. The van der Waals surface area contributed by atoms with E-state index in [2.05, 4.69) is 27.7 Å². The number of carbonyl (C=O) groups excluding carboxylic acids is 2. The lowest BCUT2D eigenvalue weighted by Gasteiger charge is -2.38. The minimum atomic E-state index is -0.350. The quantitative estimate of drug-likeness (QED) is 0.521. The molecule has 9 nitrogen and oxygen atoms in total. The molecule has 2 N–H and O–H groups in total. The maximum Gasteiger partial charge on any atom is 0.319 e. The Balaban J connectivity index is 1.39. The lowest BCUT2D eigenvalue weighted by molar-refractivity contribution is -0.128. The summed E-state index contributed by atoms with van der Waals surface area (Å²) in [7, 11) is 4.58. The third kappa shape index (κ3) is 6.63. The summed E-state index contributed by atoms with van der Waals surface area (Å²) in [6.07, 6.45) is 3.18. The van der Waals surface area contributed by atoms with Gasteiger partial charge in [0.25, 0.3) is 0 Å². The molecule has 2 atom stereocenters. The van der Waals surface area contributed by atoms with Crippen molar-refractivity contribution in [2.75, 3.05) is 52.8 Å². The molecule has 2 fully saturated rings. The van der Waals surface area contributed by atoms with Gasteiger partial charge in [-0.15, -0.1) is 0 Å². The molecule has 2 aliphatic rings. The van der Waals surface area contributed by atoms with E-state index in [9.17, 15) is 9.59 Å². The van der Waals surface area contributed by atoms with E-state index in [1.807, 2.05) is 17.0 Å². The van der Waals surface area contributed by atoms with E-state index in [1.165, 1.54) is 26.9 Å². The first-order chi connectivity index (χ1) is 18.3. The predicted octanol–water partition coefficient (Wildman–Crippen LogP) is 4.04. The van der Waals surface area contributed by atoms with E-state index < -0.39 is 0 Å². The highest BCUT2D eigenvalue weighted by Crippen LogP contribution is 2.40. The van der Waals surface area contributed by atoms with Crippen molar-refractivity contribution in [3.63, 3.8) is 0 Å². The molecule has 2 heterocycles. The van der Waals surface area contributed by atoms with Crippen LogP contribution in [0.1, 0.15) is 25.3 Å². The molecule has 2 unspecified atom stereocenters. The van der Waals surface area contributed by atoms with Gasteiger partial charge in [-0.05, 0) is 56.0 Å². The first-order valence-electron chi connectivity index (χ1n) is 12.9. The topological polar surface area (TPSA) is 92.4 Å². The van der Waals surface area contributed by atoms with Gasteiger partial charge in [-0.3, -0.25) is 9.69 Å². The van der Waals surface area contributed by atoms with Gasteiger partial charge >= 0.3 is 6.03 Å². The number of methoxy groups -OCH3 is 3. The number of nitrogens with one attached hydrogen (secondary N) is 2. The molecule has 10 heteroatoms. The van der Waals surface area contributed by atoms with Gasteiger partial charge in [0.2, 0.25) is 11.7 Å². The first-order valence-corrected chi connectivity index (χ1v) is 13.3. The summed E-state index contributed by atoms with van der Waals surface area (Å²) in [5.74, 6) is 1.97. The average molecular weight is 545 g/mol. The molecule has 2 saturated heterocycles.